The summed E-state index contributed by atoms with van der Waals surface area (Å²) in [6.45, 7) is 6.63. The lowest BCUT2D eigenvalue weighted by Crippen LogP contribution is -2.35. The Morgan fingerprint density at radius 1 is 1.26 bits per heavy atom. The predicted molar refractivity (Wildman–Crippen MR) is 78.5 cm³/mol. The van der Waals surface area contributed by atoms with E-state index in [1.165, 1.54) is 36.8 Å². The molecule has 3 rings (SSSR count). The zero-order valence-electron chi connectivity index (χ0n) is 12.2. The fraction of sp³-hybridized carbons (Fsp3) is 0.647. The van der Waals surface area contributed by atoms with Crippen LogP contribution in [0.2, 0.25) is 0 Å². The molecule has 0 amide bonds. The lowest BCUT2D eigenvalue weighted by Gasteiger charge is -2.34. The molecule has 0 atom stereocenters. The number of hydrogen-bond donors (Lipinski definition) is 1. The minimum absolute atomic E-state index is 0.559. The molecule has 0 spiro atoms. The van der Waals surface area contributed by atoms with E-state index in [0.29, 0.717) is 11.5 Å². The van der Waals surface area contributed by atoms with Gasteiger partial charge in [-0.1, -0.05) is 26.0 Å². The highest BCUT2D eigenvalue weighted by Gasteiger charge is 2.26. The van der Waals surface area contributed by atoms with Gasteiger partial charge in [0.25, 0.3) is 0 Å². The highest BCUT2D eigenvalue weighted by molar-refractivity contribution is 5.39. The standard InChI is InChI=1S/C17H25NO/c1-17(2)8-5-15(6-9-17)18-12-13-3-4-16-14(11-13)7-10-19-16/h3-4,11,15,18H,5-10,12H2,1-2H3. The lowest BCUT2D eigenvalue weighted by atomic mass is 9.75. The Balaban J connectivity index is 1.53. The van der Waals surface area contributed by atoms with Gasteiger partial charge in [0.2, 0.25) is 0 Å². The largest absolute Gasteiger partial charge is 0.493 e. The van der Waals surface area contributed by atoms with Gasteiger partial charge in [-0.05, 0) is 48.3 Å². The average Bonchev–Trinajstić information content (AvgIpc) is 2.85. The van der Waals surface area contributed by atoms with Gasteiger partial charge in [-0.2, -0.15) is 0 Å². The number of rotatable bonds is 3. The normalized spacial score (nSPS) is 22.0. The zero-order chi connectivity index (χ0) is 13.3. The third-order valence-corrected chi connectivity index (χ3v) is 4.69. The predicted octanol–water partition coefficient (Wildman–Crippen LogP) is 3.68. The number of fused-ring (bicyclic) bond motifs is 1. The smallest absolute Gasteiger partial charge is 0.122 e. The van der Waals surface area contributed by atoms with Gasteiger partial charge >= 0.3 is 0 Å². The van der Waals surface area contributed by atoms with Crippen LogP contribution in [0.4, 0.5) is 0 Å². The highest BCUT2D eigenvalue weighted by Crippen LogP contribution is 2.35. The minimum atomic E-state index is 0.559. The zero-order valence-corrected chi connectivity index (χ0v) is 12.2. The maximum atomic E-state index is 5.55. The molecule has 104 valence electrons. The van der Waals surface area contributed by atoms with Crippen LogP contribution >= 0.6 is 0 Å². The van der Waals surface area contributed by atoms with Crippen molar-refractivity contribution >= 4 is 0 Å². The van der Waals surface area contributed by atoms with Crippen LogP contribution in [-0.2, 0) is 13.0 Å². The van der Waals surface area contributed by atoms with Gasteiger partial charge in [0, 0.05) is 19.0 Å². The molecule has 1 aliphatic carbocycles. The lowest BCUT2D eigenvalue weighted by molar-refractivity contribution is 0.206. The fourth-order valence-corrected chi connectivity index (χ4v) is 3.22. The van der Waals surface area contributed by atoms with Crippen LogP contribution in [0, 0.1) is 5.41 Å². The fourth-order valence-electron chi connectivity index (χ4n) is 3.22. The third kappa shape index (κ3) is 3.11. The van der Waals surface area contributed by atoms with Crippen molar-refractivity contribution in [3.63, 3.8) is 0 Å². The minimum Gasteiger partial charge on any atom is -0.493 e. The summed E-state index contributed by atoms with van der Waals surface area (Å²) in [5.74, 6) is 1.09. The molecule has 1 aromatic carbocycles. The second-order valence-corrected chi connectivity index (χ2v) is 6.86. The Morgan fingerprint density at radius 3 is 2.84 bits per heavy atom. The Bertz CT molecular complexity index is 443. The summed E-state index contributed by atoms with van der Waals surface area (Å²) in [5, 5.41) is 3.73. The van der Waals surface area contributed by atoms with E-state index in [1.54, 1.807) is 0 Å². The molecule has 0 bridgehead atoms. The van der Waals surface area contributed by atoms with E-state index in [4.69, 9.17) is 4.74 Å². The summed E-state index contributed by atoms with van der Waals surface area (Å²) in [6, 6.07) is 7.34. The summed E-state index contributed by atoms with van der Waals surface area (Å²) >= 11 is 0. The molecule has 1 fully saturated rings. The second kappa shape index (κ2) is 5.16. The van der Waals surface area contributed by atoms with Crippen molar-refractivity contribution in [2.75, 3.05) is 6.61 Å². The highest BCUT2D eigenvalue weighted by atomic mass is 16.5. The van der Waals surface area contributed by atoms with E-state index >= 15 is 0 Å². The maximum Gasteiger partial charge on any atom is 0.122 e. The molecule has 2 heteroatoms. The molecule has 1 N–H and O–H groups in total. The van der Waals surface area contributed by atoms with Crippen molar-refractivity contribution in [1.29, 1.82) is 0 Å². The monoisotopic (exact) mass is 259 g/mol. The van der Waals surface area contributed by atoms with Crippen molar-refractivity contribution in [3.8, 4) is 5.75 Å². The molecule has 1 aromatic rings. The maximum absolute atomic E-state index is 5.55. The molecule has 1 aliphatic heterocycles. The molecule has 1 heterocycles. The van der Waals surface area contributed by atoms with E-state index in [1.807, 2.05) is 0 Å². The summed E-state index contributed by atoms with van der Waals surface area (Å²) in [6.07, 6.45) is 6.41. The van der Waals surface area contributed by atoms with E-state index in [0.717, 1.165) is 25.3 Å². The molecule has 19 heavy (non-hydrogen) atoms. The second-order valence-electron chi connectivity index (χ2n) is 6.86. The molecule has 2 aliphatic rings. The van der Waals surface area contributed by atoms with E-state index in [2.05, 4.69) is 37.4 Å². The quantitative estimate of drug-likeness (QED) is 0.894. The number of hydrogen-bond acceptors (Lipinski definition) is 2. The molecule has 1 saturated carbocycles. The van der Waals surface area contributed by atoms with Gasteiger partial charge in [-0.3, -0.25) is 0 Å². The van der Waals surface area contributed by atoms with E-state index in [9.17, 15) is 0 Å². The first-order valence-electron chi connectivity index (χ1n) is 7.60. The van der Waals surface area contributed by atoms with Gasteiger partial charge in [0.1, 0.15) is 5.75 Å². The van der Waals surface area contributed by atoms with Crippen molar-refractivity contribution in [1.82, 2.24) is 5.32 Å². The molecular weight excluding hydrogens is 234 g/mol. The van der Waals surface area contributed by atoms with Crippen molar-refractivity contribution in [3.05, 3.63) is 29.3 Å². The number of benzene rings is 1. The molecule has 0 aromatic heterocycles. The molecular formula is C17H25NO. The molecule has 2 nitrogen and oxygen atoms in total. The van der Waals surface area contributed by atoms with Crippen molar-refractivity contribution in [2.45, 2.75) is 58.5 Å². The van der Waals surface area contributed by atoms with E-state index < -0.39 is 0 Å². The molecule has 0 saturated heterocycles. The first-order valence-corrected chi connectivity index (χ1v) is 7.60. The first-order chi connectivity index (χ1) is 9.12. The van der Waals surface area contributed by atoms with Crippen molar-refractivity contribution < 1.29 is 4.74 Å². The van der Waals surface area contributed by atoms with Crippen LogP contribution in [0.5, 0.6) is 5.75 Å². The van der Waals surface area contributed by atoms with Crippen LogP contribution in [0.15, 0.2) is 18.2 Å². The van der Waals surface area contributed by atoms with Gasteiger partial charge in [-0.15, -0.1) is 0 Å². The summed E-state index contributed by atoms with van der Waals surface area (Å²) in [7, 11) is 0. The summed E-state index contributed by atoms with van der Waals surface area (Å²) < 4.78 is 5.55. The Kier molecular flexibility index (Phi) is 3.53. The van der Waals surface area contributed by atoms with Crippen LogP contribution in [0.3, 0.4) is 0 Å². The van der Waals surface area contributed by atoms with Gasteiger partial charge in [-0.25, -0.2) is 0 Å². The van der Waals surface area contributed by atoms with Gasteiger partial charge in [0.15, 0.2) is 0 Å². The topological polar surface area (TPSA) is 21.3 Å². The van der Waals surface area contributed by atoms with Crippen LogP contribution in [0.25, 0.3) is 0 Å². The van der Waals surface area contributed by atoms with E-state index in [-0.39, 0.29) is 0 Å². The molecule has 0 radical (unpaired) electrons. The molecule has 0 unspecified atom stereocenters. The number of nitrogens with one attached hydrogen (secondary N) is 1. The average molecular weight is 259 g/mol. The number of ether oxygens (including phenoxy) is 1. The Hall–Kier alpha value is -1.02. The summed E-state index contributed by atoms with van der Waals surface area (Å²) in [5.41, 5.74) is 3.33. The van der Waals surface area contributed by atoms with Gasteiger partial charge < -0.3 is 10.1 Å². The van der Waals surface area contributed by atoms with Gasteiger partial charge in [0.05, 0.1) is 6.61 Å². The van der Waals surface area contributed by atoms with Crippen LogP contribution in [-0.4, -0.2) is 12.6 Å². The van der Waals surface area contributed by atoms with Crippen LogP contribution < -0.4 is 10.1 Å². The van der Waals surface area contributed by atoms with Crippen LogP contribution in [0.1, 0.15) is 50.7 Å². The van der Waals surface area contributed by atoms with Crippen molar-refractivity contribution in [2.24, 2.45) is 5.41 Å². The Morgan fingerprint density at radius 2 is 2.05 bits per heavy atom. The Labute approximate surface area is 116 Å². The SMILES string of the molecule is CC1(C)CCC(NCc2ccc3c(c2)CCO3)CC1. The summed E-state index contributed by atoms with van der Waals surface area (Å²) in [4.78, 5) is 0. The third-order valence-electron chi connectivity index (χ3n) is 4.69. The first kappa shape index (κ1) is 13.0.